The summed E-state index contributed by atoms with van der Waals surface area (Å²) in [7, 11) is 0. The van der Waals surface area contributed by atoms with E-state index in [1.165, 1.54) is 17.0 Å². The first kappa shape index (κ1) is 27.3. The number of rotatable bonds is 8. The number of aliphatic hydroxyl groups excluding tert-OH is 1. The van der Waals surface area contributed by atoms with E-state index in [-0.39, 0.29) is 49.2 Å². The molecular formula is C33H37IrN2O3S-. The zero-order chi connectivity index (χ0) is 30.6. The van der Waals surface area contributed by atoms with Crippen molar-refractivity contribution in [1.29, 1.82) is 0 Å². The molecule has 5 nitrogen and oxygen atoms in total. The van der Waals surface area contributed by atoms with Crippen molar-refractivity contribution in [2.45, 2.75) is 67.2 Å². The molecule has 1 radical (unpaired) electrons. The van der Waals surface area contributed by atoms with E-state index >= 15 is 0 Å². The predicted octanol–water partition coefficient (Wildman–Crippen LogP) is 9.54. The monoisotopic (exact) mass is 737 g/mol. The molecule has 0 spiro atoms. The van der Waals surface area contributed by atoms with Crippen LogP contribution in [0.15, 0.2) is 58.8 Å². The van der Waals surface area contributed by atoms with Crippen LogP contribution in [-0.2, 0) is 24.9 Å². The van der Waals surface area contributed by atoms with Gasteiger partial charge in [0.2, 0.25) is 5.71 Å². The van der Waals surface area contributed by atoms with Crippen molar-refractivity contribution in [2.24, 2.45) is 11.8 Å². The minimum Gasteiger partial charge on any atom is -0.512 e. The number of furan rings is 1. The Morgan fingerprint density at radius 3 is 2.50 bits per heavy atom. The number of hydrogen-bond donors (Lipinski definition) is 1. The summed E-state index contributed by atoms with van der Waals surface area (Å²) in [5.41, 5.74) is 2.45. The Morgan fingerprint density at radius 2 is 1.82 bits per heavy atom. The van der Waals surface area contributed by atoms with Gasteiger partial charge in [0.25, 0.3) is 0 Å². The van der Waals surface area contributed by atoms with Gasteiger partial charge >= 0.3 is 0 Å². The number of aromatic nitrogens is 2. The first-order chi connectivity index (χ1) is 20.0. The largest absolute Gasteiger partial charge is 0.512 e. The molecular weight excluding hydrogens is 697 g/mol. The van der Waals surface area contributed by atoms with Crippen LogP contribution in [0.5, 0.6) is 0 Å². The molecule has 1 aromatic carbocycles. The standard InChI is InChI=1S/C20H13N2OS.C13H24O2.Ir/c1-11-6-7-15-14-4-3-5-16(19(14)23-20(15)22-11)17-9-13-8-12(2)24-18(13)10-21-17;1-5-10(6-2)12(14)9-13(15)11(7-3)8-4;/h3-4,6-10H,1-2H3;9-11,14H,5-8H2,1-4H3;/q-1;;/b;12-9-;/i1D3;;. The summed E-state index contributed by atoms with van der Waals surface area (Å²) in [6.45, 7) is 7.87. The van der Waals surface area contributed by atoms with Gasteiger partial charge in [-0.05, 0) is 68.7 Å². The smallest absolute Gasteiger partial charge is 0.216 e. The zero-order valence-electron chi connectivity index (χ0n) is 26.5. The third-order valence-corrected chi connectivity index (χ3v) is 8.16. The molecule has 0 unspecified atom stereocenters. The van der Waals surface area contributed by atoms with Gasteiger partial charge in [0.05, 0.1) is 16.0 Å². The van der Waals surface area contributed by atoms with Gasteiger partial charge in [0, 0.05) is 64.3 Å². The third kappa shape index (κ3) is 6.88. The molecule has 0 aliphatic heterocycles. The summed E-state index contributed by atoms with van der Waals surface area (Å²) in [6, 6.07) is 14.4. The van der Waals surface area contributed by atoms with Crippen molar-refractivity contribution in [3.05, 3.63) is 71.1 Å². The van der Waals surface area contributed by atoms with Crippen LogP contribution in [0, 0.1) is 31.7 Å². The van der Waals surface area contributed by atoms with E-state index in [1.807, 2.05) is 52.1 Å². The molecule has 0 bridgehead atoms. The fraction of sp³-hybridized carbons (Fsp3) is 0.364. The Morgan fingerprint density at radius 1 is 1.10 bits per heavy atom. The molecule has 213 valence electrons. The van der Waals surface area contributed by atoms with E-state index in [2.05, 4.69) is 29.0 Å². The fourth-order valence-corrected chi connectivity index (χ4v) is 5.68. The Kier molecular flexibility index (Phi) is 9.67. The SMILES string of the molecule is CCC(CC)C(=O)/C=C(\O)C(CC)CC.[2H]C([2H])([2H])c1ccc2c(n1)oc1c(-c3cc4cc(C)sc4cn3)[c-]ccc12.[Ir]. The molecule has 0 amide bonds. The predicted molar refractivity (Wildman–Crippen MR) is 162 cm³/mol. The van der Waals surface area contributed by atoms with Gasteiger partial charge in [-0.15, -0.1) is 29.5 Å². The summed E-state index contributed by atoms with van der Waals surface area (Å²) in [6.07, 6.45) is 6.77. The van der Waals surface area contributed by atoms with Crippen LogP contribution in [-0.4, -0.2) is 20.9 Å². The van der Waals surface area contributed by atoms with Gasteiger partial charge in [0.1, 0.15) is 0 Å². The second-order valence-electron chi connectivity index (χ2n) is 9.71. The molecule has 4 aromatic heterocycles. The normalized spacial score (nSPS) is 13.2. The maximum atomic E-state index is 11.7. The number of carbonyl (C=O) groups is 1. The van der Waals surface area contributed by atoms with Crippen molar-refractivity contribution in [3.63, 3.8) is 0 Å². The minimum atomic E-state index is -2.27. The van der Waals surface area contributed by atoms with Crippen LogP contribution in [0.1, 0.15) is 68.1 Å². The number of hydrogen-bond acceptors (Lipinski definition) is 6. The second-order valence-corrected chi connectivity index (χ2v) is 11.0. The van der Waals surface area contributed by atoms with Gasteiger partial charge in [-0.1, -0.05) is 44.7 Å². The average Bonchev–Trinajstić information content (AvgIpc) is 3.52. The topological polar surface area (TPSA) is 76.2 Å². The summed E-state index contributed by atoms with van der Waals surface area (Å²) in [5.74, 6) is 0.547. The Bertz CT molecular complexity index is 1730. The third-order valence-electron chi connectivity index (χ3n) is 7.16. The van der Waals surface area contributed by atoms with E-state index in [4.69, 9.17) is 8.53 Å². The molecule has 0 fully saturated rings. The number of aliphatic hydroxyl groups is 1. The number of pyridine rings is 2. The Hall–Kier alpha value is -2.86. The van der Waals surface area contributed by atoms with Crippen LogP contribution in [0.4, 0.5) is 0 Å². The molecule has 5 rings (SSSR count). The summed E-state index contributed by atoms with van der Waals surface area (Å²) >= 11 is 1.71. The van der Waals surface area contributed by atoms with Gasteiger partial charge in [-0.3, -0.25) is 4.79 Å². The molecule has 5 aromatic rings. The first-order valence-corrected chi connectivity index (χ1v) is 14.4. The number of nitrogens with zero attached hydrogens (tertiary/aromatic N) is 2. The fourth-order valence-electron chi connectivity index (χ4n) is 4.81. The number of aryl methyl sites for hydroxylation is 2. The second kappa shape index (κ2) is 14.2. The molecule has 40 heavy (non-hydrogen) atoms. The maximum Gasteiger partial charge on any atom is 0.216 e. The quantitative estimate of drug-likeness (QED) is 0.0976. The van der Waals surface area contributed by atoms with Crippen molar-refractivity contribution in [2.75, 3.05) is 0 Å². The number of thiophene rings is 1. The molecule has 0 saturated heterocycles. The number of fused-ring (bicyclic) bond motifs is 4. The maximum absolute atomic E-state index is 11.7. The van der Waals surface area contributed by atoms with Crippen LogP contribution in [0.25, 0.3) is 43.4 Å². The van der Waals surface area contributed by atoms with Crippen molar-refractivity contribution in [3.8, 4) is 11.3 Å². The van der Waals surface area contributed by atoms with E-state index in [0.29, 0.717) is 11.3 Å². The molecule has 0 atom stereocenters. The molecule has 4 heterocycles. The van der Waals surface area contributed by atoms with Crippen LogP contribution in [0.2, 0.25) is 0 Å². The van der Waals surface area contributed by atoms with Gasteiger partial charge in [-0.25, -0.2) is 4.98 Å². The molecule has 0 aliphatic carbocycles. The van der Waals surface area contributed by atoms with E-state index in [9.17, 15) is 9.90 Å². The van der Waals surface area contributed by atoms with Crippen LogP contribution in [0.3, 0.4) is 0 Å². The molecule has 0 aliphatic rings. The number of carbonyl (C=O) groups excluding carboxylic acids is 1. The Labute approximate surface area is 258 Å². The number of allylic oxidation sites excluding steroid dienone is 2. The summed E-state index contributed by atoms with van der Waals surface area (Å²) in [4.78, 5) is 21.7. The number of ketones is 1. The van der Waals surface area contributed by atoms with Crippen LogP contribution >= 0.6 is 11.3 Å². The van der Waals surface area contributed by atoms with Crippen LogP contribution < -0.4 is 0 Å². The van der Waals surface area contributed by atoms with E-state index in [1.54, 1.807) is 17.4 Å². The number of benzene rings is 1. The summed E-state index contributed by atoms with van der Waals surface area (Å²) < 4.78 is 29.8. The van der Waals surface area contributed by atoms with Gasteiger partial charge < -0.3 is 14.5 Å². The summed E-state index contributed by atoms with van der Waals surface area (Å²) in [5, 5.41) is 12.5. The first-order valence-electron chi connectivity index (χ1n) is 15.1. The van der Waals surface area contributed by atoms with Crippen molar-refractivity contribution < 1.29 is 38.5 Å². The molecule has 1 N–H and O–H groups in total. The van der Waals surface area contributed by atoms with Gasteiger partial charge in [0.15, 0.2) is 5.78 Å². The van der Waals surface area contributed by atoms with E-state index in [0.717, 1.165) is 57.8 Å². The Balaban J connectivity index is 0.000000274. The molecule has 7 heteroatoms. The zero-order valence-corrected chi connectivity index (χ0v) is 26.7. The molecule has 0 saturated carbocycles. The van der Waals surface area contributed by atoms with Gasteiger partial charge in [-0.2, -0.15) is 0 Å². The van der Waals surface area contributed by atoms with Crippen molar-refractivity contribution >= 4 is 49.3 Å². The average molecular weight is 737 g/mol. The van der Waals surface area contributed by atoms with Crippen molar-refractivity contribution in [1.82, 2.24) is 9.97 Å². The minimum absolute atomic E-state index is 0. The van der Waals surface area contributed by atoms with E-state index < -0.39 is 6.85 Å².